The lowest BCUT2D eigenvalue weighted by Gasteiger charge is -2.38. The fourth-order valence-corrected chi connectivity index (χ4v) is 5.09. The zero-order valence-corrected chi connectivity index (χ0v) is 16.4. The quantitative estimate of drug-likeness (QED) is 0.813. The van der Waals surface area contributed by atoms with Crippen LogP contribution < -0.4 is 5.32 Å². The average molecular weight is 399 g/mol. The van der Waals surface area contributed by atoms with E-state index in [1.165, 1.54) is 22.5 Å². The van der Waals surface area contributed by atoms with Gasteiger partial charge in [0.05, 0.1) is 6.54 Å². The van der Waals surface area contributed by atoms with Gasteiger partial charge in [0.25, 0.3) is 10.2 Å². The van der Waals surface area contributed by atoms with Crippen molar-refractivity contribution in [2.24, 2.45) is 5.92 Å². The Bertz CT molecular complexity index is 758. The molecule has 1 aromatic carbocycles. The van der Waals surface area contributed by atoms with E-state index in [0.29, 0.717) is 50.9 Å². The third kappa shape index (κ3) is 5.25. The van der Waals surface area contributed by atoms with Gasteiger partial charge in [-0.2, -0.15) is 17.0 Å². The summed E-state index contributed by atoms with van der Waals surface area (Å²) in [6.07, 6.45) is 1.80. The molecule has 0 spiro atoms. The molecule has 2 heterocycles. The molecule has 2 fully saturated rings. The van der Waals surface area contributed by atoms with Crippen molar-refractivity contribution in [3.8, 4) is 0 Å². The van der Waals surface area contributed by atoms with E-state index in [4.69, 9.17) is 0 Å². The van der Waals surface area contributed by atoms with Crippen molar-refractivity contribution < 1.29 is 17.6 Å². The van der Waals surface area contributed by atoms with Crippen LogP contribution in [0.3, 0.4) is 0 Å². The third-order valence-electron chi connectivity index (χ3n) is 5.20. The van der Waals surface area contributed by atoms with E-state index in [9.17, 15) is 17.6 Å². The fourth-order valence-electron chi connectivity index (χ4n) is 3.47. The summed E-state index contributed by atoms with van der Waals surface area (Å²) in [5, 5.41) is 2.67. The van der Waals surface area contributed by atoms with Crippen LogP contribution in [-0.4, -0.2) is 73.6 Å². The van der Waals surface area contributed by atoms with Crippen LogP contribution in [0.15, 0.2) is 24.3 Å². The number of nitrogens with zero attached hydrogens (tertiary/aromatic N) is 3. The molecule has 2 saturated heterocycles. The Morgan fingerprint density at radius 2 is 1.74 bits per heavy atom. The van der Waals surface area contributed by atoms with E-state index < -0.39 is 16.0 Å². The maximum absolute atomic E-state index is 13.2. The highest BCUT2D eigenvalue weighted by Crippen LogP contribution is 2.21. The molecule has 2 aliphatic heterocycles. The summed E-state index contributed by atoms with van der Waals surface area (Å²) in [7, 11) is -3.42. The largest absolute Gasteiger partial charge is 0.325 e. The smallest absolute Gasteiger partial charge is 0.282 e. The normalized spacial score (nSPS) is 21.3. The Balaban J connectivity index is 1.47. The summed E-state index contributed by atoms with van der Waals surface area (Å²) in [4.78, 5) is 14.0. The molecule has 0 saturated carbocycles. The van der Waals surface area contributed by atoms with Gasteiger partial charge in [-0.25, -0.2) is 4.39 Å². The second-order valence-electron chi connectivity index (χ2n) is 7.32. The second kappa shape index (κ2) is 8.64. The Morgan fingerprint density at radius 1 is 1.11 bits per heavy atom. The number of amides is 1. The molecule has 0 bridgehead atoms. The Hall–Kier alpha value is -1.55. The molecule has 150 valence electrons. The van der Waals surface area contributed by atoms with E-state index in [2.05, 4.69) is 12.2 Å². The predicted octanol–water partition coefficient (Wildman–Crippen LogP) is 1.36. The molecule has 27 heavy (non-hydrogen) atoms. The van der Waals surface area contributed by atoms with Gasteiger partial charge < -0.3 is 5.32 Å². The molecule has 7 nitrogen and oxygen atoms in total. The lowest BCUT2D eigenvalue weighted by Crippen LogP contribution is -2.55. The number of nitrogens with one attached hydrogen (secondary N) is 1. The number of rotatable bonds is 5. The summed E-state index contributed by atoms with van der Waals surface area (Å²) in [5.74, 6) is -0.0643. The Kier molecular flexibility index (Phi) is 6.46. The molecule has 0 unspecified atom stereocenters. The molecular formula is C18H27FN4O3S. The van der Waals surface area contributed by atoms with Crippen molar-refractivity contribution >= 4 is 21.8 Å². The first kappa shape index (κ1) is 20.2. The van der Waals surface area contributed by atoms with Crippen LogP contribution in [0, 0.1) is 11.7 Å². The topological polar surface area (TPSA) is 73.0 Å². The summed E-state index contributed by atoms with van der Waals surface area (Å²) >= 11 is 0. The molecule has 3 rings (SSSR count). The number of piperazine rings is 1. The van der Waals surface area contributed by atoms with E-state index >= 15 is 0 Å². The highest BCUT2D eigenvalue weighted by Gasteiger charge is 2.34. The predicted molar refractivity (Wildman–Crippen MR) is 102 cm³/mol. The molecule has 0 radical (unpaired) electrons. The van der Waals surface area contributed by atoms with Gasteiger partial charge in [-0.05, 0) is 37.0 Å². The van der Waals surface area contributed by atoms with Crippen molar-refractivity contribution in [1.29, 1.82) is 0 Å². The molecule has 0 aromatic heterocycles. The molecule has 0 aliphatic carbocycles. The first-order chi connectivity index (χ1) is 12.8. The van der Waals surface area contributed by atoms with Crippen LogP contribution in [0.4, 0.5) is 10.1 Å². The number of piperidine rings is 1. The molecule has 2 aliphatic rings. The Labute approximate surface area is 160 Å². The summed E-state index contributed by atoms with van der Waals surface area (Å²) < 4.78 is 41.8. The molecule has 9 heteroatoms. The van der Waals surface area contributed by atoms with Gasteiger partial charge in [0.2, 0.25) is 5.91 Å². The van der Waals surface area contributed by atoms with Gasteiger partial charge in [0, 0.05) is 45.0 Å². The minimum absolute atomic E-state index is 0.158. The van der Waals surface area contributed by atoms with Crippen LogP contribution in [0.5, 0.6) is 0 Å². The number of carbonyl (C=O) groups is 1. The maximum Gasteiger partial charge on any atom is 0.282 e. The highest BCUT2D eigenvalue weighted by molar-refractivity contribution is 7.86. The van der Waals surface area contributed by atoms with Gasteiger partial charge in [0.15, 0.2) is 0 Å². The molecule has 1 N–H and O–H groups in total. The minimum atomic E-state index is -3.42. The first-order valence-corrected chi connectivity index (χ1v) is 10.8. The first-order valence-electron chi connectivity index (χ1n) is 9.37. The van der Waals surface area contributed by atoms with Crippen LogP contribution in [0.25, 0.3) is 0 Å². The molecule has 1 aromatic rings. The van der Waals surface area contributed by atoms with Gasteiger partial charge in [-0.1, -0.05) is 13.0 Å². The monoisotopic (exact) mass is 398 g/mol. The van der Waals surface area contributed by atoms with E-state index in [-0.39, 0.29) is 12.5 Å². The average Bonchev–Trinajstić information content (AvgIpc) is 2.62. The molecular weight excluding hydrogens is 371 g/mol. The van der Waals surface area contributed by atoms with Gasteiger partial charge in [-0.15, -0.1) is 0 Å². The van der Waals surface area contributed by atoms with Crippen molar-refractivity contribution in [1.82, 2.24) is 13.5 Å². The zero-order valence-electron chi connectivity index (χ0n) is 15.6. The van der Waals surface area contributed by atoms with E-state index in [0.717, 1.165) is 12.8 Å². The zero-order chi connectivity index (χ0) is 19.4. The Morgan fingerprint density at radius 3 is 2.37 bits per heavy atom. The summed E-state index contributed by atoms with van der Waals surface area (Å²) in [6, 6.07) is 5.75. The number of hydrogen-bond acceptors (Lipinski definition) is 4. The number of anilines is 1. The lowest BCUT2D eigenvalue weighted by molar-refractivity contribution is -0.117. The minimum Gasteiger partial charge on any atom is -0.325 e. The van der Waals surface area contributed by atoms with Crippen LogP contribution in [0.2, 0.25) is 0 Å². The van der Waals surface area contributed by atoms with E-state index in [1.54, 1.807) is 10.4 Å². The van der Waals surface area contributed by atoms with Crippen molar-refractivity contribution in [2.45, 2.75) is 19.8 Å². The van der Waals surface area contributed by atoms with Crippen LogP contribution >= 0.6 is 0 Å². The SMILES string of the molecule is CC1CCN(S(=O)(=O)N2CCN(CC(=O)Nc3cccc(F)c3)CC2)CC1. The van der Waals surface area contributed by atoms with Crippen molar-refractivity contribution in [2.75, 3.05) is 51.1 Å². The van der Waals surface area contributed by atoms with Crippen LogP contribution in [-0.2, 0) is 15.0 Å². The standard InChI is InChI=1S/C18H27FN4O3S/c1-15-5-7-22(8-6-15)27(25,26)23-11-9-21(10-12-23)14-18(24)20-17-4-2-3-16(19)13-17/h2-4,13,15H,5-12,14H2,1H3,(H,20,24). The van der Waals surface area contributed by atoms with Crippen molar-refractivity contribution in [3.63, 3.8) is 0 Å². The van der Waals surface area contributed by atoms with Gasteiger partial charge in [0.1, 0.15) is 5.82 Å². The fraction of sp³-hybridized carbons (Fsp3) is 0.611. The summed E-state index contributed by atoms with van der Waals surface area (Å²) in [6.45, 7) is 5.23. The lowest BCUT2D eigenvalue weighted by atomic mass is 10.0. The number of carbonyl (C=O) groups excluding carboxylic acids is 1. The highest BCUT2D eigenvalue weighted by atomic mass is 32.2. The number of halogens is 1. The maximum atomic E-state index is 13.2. The molecule has 1 amide bonds. The van der Waals surface area contributed by atoms with Gasteiger partial charge in [-0.3, -0.25) is 9.69 Å². The van der Waals surface area contributed by atoms with Crippen molar-refractivity contribution in [3.05, 3.63) is 30.1 Å². The van der Waals surface area contributed by atoms with E-state index in [1.807, 2.05) is 4.90 Å². The van der Waals surface area contributed by atoms with Gasteiger partial charge >= 0.3 is 0 Å². The third-order valence-corrected chi connectivity index (χ3v) is 7.24. The summed E-state index contributed by atoms with van der Waals surface area (Å²) in [5.41, 5.74) is 0.417. The second-order valence-corrected chi connectivity index (χ2v) is 9.25. The number of benzene rings is 1. The number of hydrogen-bond donors (Lipinski definition) is 1. The molecule has 0 atom stereocenters. The van der Waals surface area contributed by atoms with Crippen LogP contribution in [0.1, 0.15) is 19.8 Å².